The van der Waals surface area contributed by atoms with Crippen LogP contribution in [-0.4, -0.2) is 21.8 Å². The largest absolute Gasteiger partial charge is 0.508 e. The zero-order valence-corrected chi connectivity index (χ0v) is 12.7. The Kier molecular flexibility index (Phi) is 3.28. The topological polar surface area (TPSA) is 56.5 Å². The molecule has 116 valence electrons. The molecule has 4 rings (SSSR count). The van der Waals surface area contributed by atoms with Crippen LogP contribution in [0.15, 0.2) is 48.8 Å². The molecule has 5 nitrogen and oxygen atoms in total. The minimum Gasteiger partial charge on any atom is -0.508 e. The third kappa shape index (κ3) is 2.35. The molecule has 1 N–H and O–H groups in total. The van der Waals surface area contributed by atoms with Gasteiger partial charge in [-0.15, -0.1) is 0 Å². The van der Waals surface area contributed by atoms with Crippen LogP contribution in [0.2, 0.25) is 0 Å². The number of aromatic nitrogens is 2. The van der Waals surface area contributed by atoms with Gasteiger partial charge in [0.05, 0.1) is 25.9 Å². The molecule has 0 aliphatic carbocycles. The fourth-order valence-corrected chi connectivity index (χ4v) is 2.89. The summed E-state index contributed by atoms with van der Waals surface area (Å²) in [6, 6.07) is 11.2. The predicted molar refractivity (Wildman–Crippen MR) is 85.7 cm³/mol. The highest BCUT2D eigenvalue weighted by atomic mass is 16.5. The Labute approximate surface area is 133 Å². The van der Waals surface area contributed by atoms with E-state index in [1.807, 2.05) is 16.8 Å². The van der Waals surface area contributed by atoms with Crippen molar-refractivity contribution in [2.45, 2.75) is 13.2 Å². The molecule has 1 aromatic heterocycles. The number of imidazole rings is 1. The van der Waals surface area contributed by atoms with Gasteiger partial charge in [-0.3, -0.25) is 4.57 Å². The van der Waals surface area contributed by atoms with E-state index in [4.69, 9.17) is 9.47 Å². The zero-order valence-electron chi connectivity index (χ0n) is 12.7. The smallest absolute Gasteiger partial charge is 0.148 e. The number of nitrogens with zero attached hydrogens (tertiary/aromatic N) is 2. The molecule has 0 radical (unpaired) electrons. The standard InChI is InChI=1S/C18H16N2O3/c1-22-17-5-4-15(21)9-16(17)18-19-6-7-20(18)14-3-2-12-10-23-11-13(12)8-14/h2-9,21H,10-11H2,1H3. The Morgan fingerprint density at radius 1 is 1.13 bits per heavy atom. The summed E-state index contributed by atoms with van der Waals surface area (Å²) in [6.07, 6.45) is 3.64. The number of hydrogen-bond donors (Lipinski definition) is 1. The van der Waals surface area contributed by atoms with E-state index < -0.39 is 0 Å². The van der Waals surface area contributed by atoms with Crippen molar-refractivity contribution in [3.8, 4) is 28.6 Å². The SMILES string of the molecule is COc1ccc(O)cc1-c1nccn1-c1ccc2c(c1)COC2. The Morgan fingerprint density at radius 2 is 2.00 bits per heavy atom. The lowest BCUT2D eigenvalue weighted by atomic mass is 10.1. The molecule has 1 aliphatic heterocycles. The van der Waals surface area contributed by atoms with E-state index in [0.717, 1.165) is 17.1 Å². The molecule has 0 saturated carbocycles. The van der Waals surface area contributed by atoms with Gasteiger partial charge < -0.3 is 14.6 Å². The summed E-state index contributed by atoms with van der Waals surface area (Å²) in [4.78, 5) is 4.45. The Balaban J connectivity index is 1.85. The Morgan fingerprint density at radius 3 is 2.87 bits per heavy atom. The summed E-state index contributed by atoms with van der Waals surface area (Å²) in [5.74, 6) is 1.56. The number of phenolic OH excluding ortho intramolecular Hbond substituents is 1. The summed E-state index contributed by atoms with van der Waals surface area (Å²) in [6.45, 7) is 1.31. The normalized spacial score (nSPS) is 13.1. The maximum absolute atomic E-state index is 9.81. The molecule has 0 saturated heterocycles. The van der Waals surface area contributed by atoms with Gasteiger partial charge in [0.15, 0.2) is 0 Å². The molecule has 3 aromatic rings. The highest BCUT2D eigenvalue weighted by molar-refractivity contribution is 5.68. The maximum atomic E-state index is 9.81. The lowest BCUT2D eigenvalue weighted by molar-refractivity contribution is 0.134. The van der Waals surface area contributed by atoms with Gasteiger partial charge in [-0.05, 0) is 41.5 Å². The van der Waals surface area contributed by atoms with Crippen molar-refractivity contribution in [1.82, 2.24) is 9.55 Å². The monoisotopic (exact) mass is 308 g/mol. The second kappa shape index (κ2) is 5.44. The second-order valence-electron chi connectivity index (χ2n) is 5.45. The van der Waals surface area contributed by atoms with Crippen molar-refractivity contribution < 1.29 is 14.6 Å². The van der Waals surface area contributed by atoms with Crippen molar-refractivity contribution >= 4 is 0 Å². The molecule has 23 heavy (non-hydrogen) atoms. The molecule has 0 spiro atoms. The first-order valence-electron chi connectivity index (χ1n) is 7.37. The zero-order chi connectivity index (χ0) is 15.8. The van der Waals surface area contributed by atoms with Crippen LogP contribution in [0.5, 0.6) is 11.5 Å². The van der Waals surface area contributed by atoms with E-state index in [-0.39, 0.29) is 5.75 Å². The van der Waals surface area contributed by atoms with Crippen LogP contribution < -0.4 is 4.74 Å². The summed E-state index contributed by atoms with van der Waals surface area (Å²) in [5.41, 5.74) is 4.18. The number of phenols is 1. The van der Waals surface area contributed by atoms with Crippen molar-refractivity contribution in [3.05, 3.63) is 59.9 Å². The highest BCUT2D eigenvalue weighted by Crippen LogP contribution is 2.34. The molecule has 2 heterocycles. The first-order valence-corrected chi connectivity index (χ1v) is 7.37. The maximum Gasteiger partial charge on any atom is 0.148 e. The van der Waals surface area contributed by atoms with Crippen LogP contribution in [0, 0.1) is 0 Å². The number of methoxy groups -OCH3 is 1. The van der Waals surface area contributed by atoms with Crippen molar-refractivity contribution in [1.29, 1.82) is 0 Å². The number of ether oxygens (including phenoxy) is 2. The van der Waals surface area contributed by atoms with Gasteiger partial charge in [0.25, 0.3) is 0 Å². The van der Waals surface area contributed by atoms with Gasteiger partial charge >= 0.3 is 0 Å². The predicted octanol–water partition coefficient (Wildman–Crippen LogP) is 3.28. The number of aromatic hydroxyl groups is 1. The van der Waals surface area contributed by atoms with Gasteiger partial charge in [-0.25, -0.2) is 4.98 Å². The summed E-state index contributed by atoms with van der Waals surface area (Å²) in [7, 11) is 1.61. The second-order valence-corrected chi connectivity index (χ2v) is 5.45. The average molecular weight is 308 g/mol. The molecular formula is C18H16N2O3. The third-order valence-electron chi connectivity index (χ3n) is 4.05. The van der Waals surface area contributed by atoms with E-state index in [1.165, 1.54) is 11.1 Å². The van der Waals surface area contributed by atoms with Gasteiger partial charge in [0, 0.05) is 18.1 Å². The van der Waals surface area contributed by atoms with Crippen LogP contribution >= 0.6 is 0 Å². The summed E-state index contributed by atoms with van der Waals surface area (Å²) >= 11 is 0. The third-order valence-corrected chi connectivity index (χ3v) is 4.05. The Bertz CT molecular complexity index is 870. The van der Waals surface area contributed by atoms with E-state index >= 15 is 0 Å². The number of benzene rings is 2. The molecular weight excluding hydrogens is 292 g/mol. The van der Waals surface area contributed by atoms with Gasteiger partial charge in [0.2, 0.25) is 0 Å². The van der Waals surface area contributed by atoms with Crippen LogP contribution in [0.1, 0.15) is 11.1 Å². The Hall–Kier alpha value is -2.79. The minimum absolute atomic E-state index is 0.178. The minimum atomic E-state index is 0.178. The summed E-state index contributed by atoms with van der Waals surface area (Å²) < 4.78 is 12.9. The number of hydrogen-bond acceptors (Lipinski definition) is 4. The van der Waals surface area contributed by atoms with Crippen LogP contribution in [0.25, 0.3) is 17.1 Å². The first kappa shape index (κ1) is 13.8. The molecule has 0 amide bonds. The number of fused-ring (bicyclic) bond motifs is 1. The quantitative estimate of drug-likeness (QED) is 0.806. The fourth-order valence-electron chi connectivity index (χ4n) is 2.89. The first-order chi connectivity index (χ1) is 11.3. The molecule has 0 fully saturated rings. The lowest BCUT2D eigenvalue weighted by Crippen LogP contribution is -1.99. The van der Waals surface area contributed by atoms with Gasteiger partial charge in [0.1, 0.15) is 17.3 Å². The molecule has 5 heteroatoms. The van der Waals surface area contributed by atoms with E-state index in [2.05, 4.69) is 17.1 Å². The lowest BCUT2D eigenvalue weighted by Gasteiger charge is -2.12. The van der Waals surface area contributed by atoms with Crippen LogP contribution in [0.3, 0.4) is 0 Å². The van der Waals surface area contributed by atoms with Crippen LogP contribution in [-0.2, 0) is 18.0 Å². The van der Waals surface area contributed by atoms with E-state index in [0.29, 0.717) is 19.0 Å². The fraction of sp³-hybridized carbons (Fsp3) is 0.167. The van der Waals surface area contributed by atoms with Crippen LogP contribution in [0.4, 0.5) is 0 Å². The van der Waals surface area contributed by atoms with Crippen molar-refractivity contribution in [3.63, 3.8) is 0 Å². The van der Waals surface area contributed by atoms with Crippen molar-refractivity contribution in [2.24, 2.45) is 0 Å². The highest BCUT2D eigenvalue weighted by Gasteiger charge is 2.16. The van der Waals surface area contributed by atoms with Crippen molar-refractivity contribution in [2.75, 3.05) is 7.11 Å². The molecule has 2 aromatic carbocycles. The van der Waals surface area contributed by atoms with E-state index in [9.17, 15) is 5.11 Å². The molecule has 0 bridgehead atoms. The summed E-state index contributed by atoms with van der Waals surface area (Å²) in [5, 5.41) is 9.81. The van der Waals surface area contributed by atoms with E-state index in [1.54, 1.807) is 31.5 Å². The molecule has 0 atom stereocenters. The van der Waals surface area contributed by atoms with Gasteiger partial charge in [-0.1, -0.05) is 6.07 Å². The molecule has 0 unspecified atom stereocenters. The molecule has 1 aliphatic rings. The number of rotatable bonds is 3. The average Bonchev–Trinajstić information content (AvgIpc) is 3.23. The van der Waals surface area contributed by atoms with Gasteiger partial charge in [-0.2, -0.15) is 0 Å².